The molecule has 58 heavy (non-hydrogen) atoms. The van der Waals surface area contributed by atoms with Crippen LogP contribution in [0.3, 0.4) is 0 Å². The lowest BCUT2D eigenvalue weighted by molar-refractivity contribution is -0.295. The summed E-state index contributed by atoms with van der Waals surface area (Å²) in [5.74, 6) is -4.95. The molecule has 15 nitrogen and oxygen atoms in total. The Hall–Kier alpha value is -3.76. The second-order valence-electron chi connectivity index (χ2n) is 17.3. The van der Waals surface area contributed by atoms with Crippen LogP contribution >= 0.6 is 0 Å². The van der Waals surface area contributed by atoms with E-state index in [0.717, 1.165) is 11.3 Å². The number of likely N-dealkylation sites (N-methyl/N-ethyl adjacent to an activating group) is 1. The molecule has 0 aliphatic carbocycles. The number of methoxy groups -OCH3 is 1. The zero-order chi connectivity index (χ0) is 42.7. The van der Waals surface area contributed by atoms with E-state index in [0.29, 0.717) is 32.4 Å². The molecule has 3 fully saturated rings. The molecule has 0 unspecified atom stereocenters. The Morgan fingerprint density at radius 3 is 2.36 bits per heavy atom. The number of cyclic esters (lactones) is 1. The second kappa shape index (κ2) is 18.7. The second-order valence-corrected chi connectivity index (χ2v) is 17.3. The number of hydrogen-bond donors (Lipinski definition) is 1. The maximum Gasteiger partial charge on any atom is 0.410 e. The number of rotatable bonds is 11. The summed E-state index contributed by atoms with van der Waals surface area (Å²) in [6.45, 7) is 14.9. The first-order chi connectivity index (χ1) is 27.4. The number of hydrogen-bond acceptors (Lipinski definition) is 13. The minimum atomic E-state index is -1.40. The van der Waals surface area contributed by atoms with Crippen LogP contribution in [0.2, 0.25) is 0 Å². The Morgan fingerprint density at radius 1 is 1.02 bits per heavy atom. The fourth-order valence-corrected chi connectivity index (χ4v) is 9.43. The smallest absolute Gasteiger partial charge is 0.410 e. The Labute approximate surface area is 343 Å². The van der Waals surface area contributed by atoms with Crippen molar-refractivity contribution in [3.63, 3.8) is 0 Å². The molecule has 2 aromatic heterocycles. The largest absolute Gasteiger partial charge is 0.458 e. The van der Waals surface area contributed by atoms with Crippen molar-refractivity contribution < 1.29 is 48.0 Å². The van der Waals surface area contributed by atoms with Gasteiger partial charge in [0.05, 0.1) is 35.9 Å². The number of ketones is 2. The molecule has 0 spiro atoms. The molecule has 2 aromatic rings. The van der Waals surface area contributed by atoms with Crippen molar-refractivity contribution in [2.45, 2.75) is 148 Å². The molecule has 3 aliphatic heterocycles. The maximum atomic E-state index is 14.7. The summed E-state index contributed by atoms with van der Waals surface area (Å²) in [6, 6.07) is 2.74. The van der Waals surface area contributed by atoms with Crippen molar-refractivity contribution in [2.24, 2.45) is 23.7 Å². The van der Waals surface area contributed by atoms with Gasteiger partial charge in [-0.1, -0.05) is 27.7 Å². The fraction of sp³-hybridized carbons (Fsp3) is 0.721. The monoisotopic (exact) mass is 811 g/mol. The highest BCUT2D eigenvalue weighted by Gasteiger charge is 2.60. The average Bonchev–Trinajstić information content (AvgIpc) is 3.78. The van der Waals surface area contributed by atoms with Gasteiger partial charge in [-0.2, -0.15) is 0 Å². The van der Waals surface area contributed by atoms with E-state index in [-0.39, 0.29) is 30.8 Å². The van der Waals surface area contributed by atoms with E-state index in [1.54, 1.807) is 51.3 Å². The first-order valence-corrected chi connectivity index (χ1v) is 20.8. The minimum absolute atomic E-state index is 0.130. The Kier molecular flexibility index (Phi) is 14.6. The molecule has 0 radical (unpaired) electrons. The van der Waals surface area contributed by atoms with Gasteiger partial charge in [0, 0.05) is 68.1 Å². The number of Topliss-reactive ketones (excluding diaryl/α,β-unsaturated/α-hetero) is 2. The van der Waals surface area contributed by atoms with Crippen LogP contribution in [0.1, 0.15) is 87.5 Å². The molecule has 322 valence electrons. The molecule has 0 bridgehead atoms. The summed E-state index contributed by atoms with van der Waals surface area (Å²) < 4.78 is 33.2. The number of unbranched alkanes of at least 4 members (excludes halogenated alkanes) is 1. The van der Waals surface area contributed by atoms with Crippen molar-refractivity contribution in [1.82, 2.24) is 24.3 Å². The molecular formula is C43H65N5O10. The number of pyridine rings is 1. The lowest BCUT2D eigenvalue weighted by Gasteiger charge is -2.47. The molecule has 0 saturated carbocycles. The quantitative estimate of drug-likeness (QED) is 0.184. The minimum Gasteiger partial charge on any atom is -0.458 e. The van der Waals surface area contributed by atoms with Gasteiger partial charge in [-0.05, 0) is 86.0 Å². The summed E-state index contributed by atoms with van der Waals surface area (Å²) in [5.41, 5.74) is -0.938. The molecule has 3 aliphatic rings. The van der Waals surface area contributed by atoms with Crippen molar-refractivity contribution in [2.75, 3.05) is 27.7 Å². The first-order valence-electron chi connectivity index (χ1n) is 20.8. The molecule has 15 heteroatoms. The fourth-order valence-electron chi connectivity index (χ4n) is 9.43. The van der Waals surface area contributed by atoms with Crippen LogP contribution in [0, 0.1) is 23.7 Å². The van der Waals surface area contributed by atoms with E-state index in [9.17, 15) is 24.3 Å². The van der Waals surface area contributed by atoms with E-state index in [4.69, 9.17) is 23.7 Å². The Morgan fingerprint density at radius 2 is 1.72 bits per heavy atom. The van der Waals surface area contributed by atoms with Crippen molar-refractivity contribution in [3.05, 3.63) is 37.1 Å². The molecule has 5 heterocycles. The van der Waals surface area contributed by atoms with Gasteiger partial charge >= 0.3 is 12.1 Å². The lowest BCUT2D eigenvalue weighted by atomic mass is 9.73. The average molecular weight is 812 g/mol. The van der Waals surface area contributed by atoms with Crippen LogP contribution < -0.4 is 0 Å². The number of aliphatic hydroxyl groups excluding tert-OH is 1. The number of carbonyl (C=O) groups is 4. The molecule has 13 atom stereocenters. The van der Waals surface area contributed by atoms with E-state index in [1.165, 1.54) is 14.0 Å². The van der Waals surface area contributed by atoms with Gasteiger partial charge in [-0.3, -0.25) is 19.4 Å². The number of aryl methyl sites for hydroxylation is 1. The van der Waals surface area contributed by atoms with Gasteiger partial charge in [-0.25, -0.2) is 9.78 Å². The number of fused-ring (bicyclic) bond motifs is 1. The first kappa shape index (κ1) is 45.3. The van der Waals surface area contributed by atoms with Gasteiger partial charge < -0.3 is 43.2 Å². The highest BCUT2D eigenvalue weighted by atomic mass is 16.7. The molecule has 1 amide bonds. The van der Waals surface area contributed by atoms with E-state index in [1.807, 2.05) is 62.7 Å². The number of amides is 1. The number of carbonyl (C=O) groups excluding carboxylic acids is 4. The van der Waals surface area contributed by atoms with Crippen LogP contribution in [0.5, 0.6) is 0 Å². The van der Waals surface area contributed by atoms with E-state index >= 15 is 0 Å². The number of esters is 1. The predicted octanol–water partition coefficient (Wildman–Crippen LogP) is 4.93. The number of nitrogens with zero attached hydrogens (tertiary/aromatic N) is 5. The summed E-state index contributed by atoms with van der Waals surface area (Å²) in [5, 5.41) is 11.4. The Bertz CT molecular complexity index is 1740. The summed E-state index contributed by atoms with van der Waals surface area (Å²) in [4.78, 5) is 69.0. The van der Waals surface area contributed by atoms with Crippen LogP contribution in [0.15, 0.2) is 37.1 Å². The van der Waals surface area contributed by atoms with Gasteiger partial charge in [0.15, 0.2) is 17.7 Å². The highest BCUT2D eigenvalue weighted by molar-refractivity contribution is 6.00. The van der Waals surface area contributed by atoms with Crippen molar-refractivity contribution in [1.29, 1.82) is 0 Å². The lowest BCUT2D eigenvalue weighted by Crippen LogP contribution is -2.60. The SMILES string of the molecule is CC[C@@H]1OC(=O)[C@H](C)C(=O)[C@H](C)[C@@H](O[C@@H]2O[C@H](C)C[C@H](N(C)C)[C@H]2O)[C@](C)(OC)C[C@@H](C)C(=O)[C@H](C)[C@H]2N(CCCCn3cnc(-c4cccnc4)c3)C(=O)O[C@@]12C. The van der Waals surface area contributed by atoms with E-state index < -0.39 is 83.4 Å². The third-order valence-corrected chi connectivity index (χ3v) is 12.8. The maximum absolute atomic E-state index is 14.7. The van der Waals surface area contributed by atoms with Gasteiger partial charge in [0.25, 0.3) is 0 Å². The molecule has 0 aromatic carbocycles. The number of aromatic nitrogens is 3. The molecule has 1 N–H and O–H groups in total. The third kappa shape index (κ3) is 9.33. The zero-order valence-corrected chi connectivity index (χ0v) is 36.1. The van der Waals surface area contributed by atoms with Gasteiger partial charge in [0.1, 0.15) is 23.9 Å². The van der Waals surface area contributed by atoms with Crippen LogP contribution in [0.25, 0.3) is 11.3 Å². The predicted molar refractivity (Wildman–Crippen MR) is 214 cm³/mol. The van der Waals surface area contributed by atoms with Crippen molar-refractivity contribution >= 4 is 23.6 Å². The number of ether oxygens (including phenoxy) is 5. The number of imidazole rings is 1. The standard InChI is InChI=1S/C43H65N5O10/c1-12-33-43(8)37(48(41(53)58-43)19-14-13-18-47-23-31(45-24-47)30-16-15-17-44-22-30)27(4)34(49)25(2)21-42(7,54-11)38(28(5)35(50)29(6)39(52)56-33)57-40-36(51)32(46(9)10)20-26(3)55-40/h15-17,22-29,32-33,36-38,40,51H,12-14,18-21H2,1-11H3/t25-,26-,27+,28+,29-,32+,33+,36-,37-,38-,40+,42-,43+/m1/s1. The van der Waals surface area contributed by atoms with Crippen LogP contribution in [0.4, 0.5) is 4.79 Å². The van der Waals surface area contributed by atoms with Gasteiger partial charge in [0.2, 0.25) is 0 Å². The van der Waals surface area contributed by atoms with Gasteiger partial charge in [-0.15, -0.1) is 0 Å². The number of aliphatic hydroxyl groups is 1. The van der Waals surface area contributed by atoms with Crippen LogP contribution in [-0.2, 0) is 44.6 Å². The topological polar surface area (TPSA) is 172 Å². The summed E-state index contributed by atoms with van der Waals surface area (Å²) in [6.07, 6.45) is 4.45. The van der Waals surface area contributed by atoms with Crippen LogP contribution in [-0.4, -0.2) is 135 Å². The normalized spacial score (nSPS) is 36.7. The molecule has 5 rings (SSSR count). The molecule has 3 saturated heterocycles. The summed E-state index contributed by atoms with van der Waals surface area (Å²) in [7, 11) is 5.24. The third-order valence-electron chi connectivity index (χ3n) is 12.8. The van der Waals surface area contributed by atoms with E-state index in [2.05, 4.69) is 9.97 Å². The summed E-state index contributed by atoms with van der Waals surface area (Å²) >= 11 is 0. The van der Waals surface area contributed by atoms with Crippen molar-refractivity contribution in [3.8, 4) is 11.3 Å². The highest BCUT2D eigenvalue weighted by Crippen LogP contribution is 2.43. The molecular weight excluding hydrogens is 746 g/mol. The zero-order valence-electron chi connectivity index (χ0n) is 36.1. The Balaban J connectivity index is 1.43.